The Labute approximate surface area is 300 Å². The highest BCUT2D eigenvalue weighted by Gasteiger charge is 2.47. The minimum atomic E-state index is -5.92. The number of hydrogen-bond acceptors (Lipinski definition) is 22. The quantitative estimate of drug-likeness (QED) is 0.0589. The summed E-state index contributed by atoms with van der Waals surface area (Å²) in [5, 5.41) is 25.9. The highest BCUT2D eigenvalue weighted by Crippen LogP contribution is 2.56. The van der Waals surface area contributed by atoms with Crippen molar-refractivity contribution < 1.29 is 85.3 Å². The first-order valence-electron chi connectivity index (χ1n) is 15.2. The smallest absolute Gasteiger partial charge is 0.274 e. The van der Waals surface area contributed by atoms with E-state index >= 15 is 0 Å². The Morgan fingerprint density at radius 2 is 1.68 bits per heavy atom. The summed E-state index contributed by atoms with van der Waals surface area (Å²) < 4.78 is 60.2. The number of nitrogens with one attached hydrogen (secondary N) is 2. The fraction of sp³-hybridized carbons (Fsp3) is 0.640. The molecule has 1 aliphatic rings. The number of ketones is 2. The van der Waals surface area contributed by atoms with Crippen molar-refractivity contribution in [2.24, 2.45) is 5.41 Å². The van der Waals surface area contributed by atoms with Crippen molar-refractivity contribution in [1.82, 2.24) is 30.2 Å². The van der Waals surface area contributed by atoms with Gasteiger partial charge in [-0.15, -0.1) is 0 Å². The van der Waals surface area contributed by atoms with Crippen LogP contribution in [0.1, 0.15) is 46.3 Å². The number of aromatic nitrogens is 4. The van der Waals surface area contributed by atoms with E-state index in [1.54, 1.807) is 0 Å². The van der Waals surface area contributed by atoms with E-state index in [0.717, 1.165) is 17.2 Å². The minimum Gasteiger partial charge on any atom is -0.790 e. The molecule has 0 radical (unpaired) electrons. The molecule has 0 bridgehead atoms. The molecule has 0 aromatic carbocycles. The van der Waals surface area contributed by atoms with Crippen LogP contribution in [0.5, 0.6) is 0 Å². The zero-order valence-corrected chi connectivity index (χ0v) is 30.8. The van der Waals surface area contributed by atoms with Gasteiger partial charge in [-0.25, -0.2) is 19.3 Å². The Bertz CT molecular complexity index is 1800. The molecule has 25 nitrogen and oxygen atoms in total. The summed E-state index contributed by atoms with van der Waals surface area (Å²) >= 11 is 0. The number of fused-ring (bicyclic) bond motifs is 1. The van der Waals surface area contributed by atoms with Crippen molar-refractivity contribution in [1.29, 1.82) is 0 Å². The second-order valence-electron chi connectivity index (χ2n) is 12.2. The number of aliphatic hydroxyl groups is 2. The molecule has 1 aliphatic heterocycles. The lowest BCUT2D eigenvalue weighted by molar-refractivity contribution is -0.347. The lowest BCUT2D eigenvalue weighted by Gasteiger charge is -2.36. The second kappa shape index (κ2) is 18.0. The Balaban J connectivity index is 1.53. The molecule has 0 saturated carbocycles. The van der Waals surface area contributed by atoms with Gasteiger partial charge in [0.25, 0.3) is 15.6 Å². The maximum Gasteiger partial charge on any atom is 0.274 e. The van der Waals surface area contributed by atoms with Crippen LogP contribution in [0.15, 0.2) is 12.7 Å². The van der Waals surface area contributed by atoms with Gasteiger partial charge in [0.05, 0.1) is 33.8 Å². The number of amides is 2. The predicted octanol–water partition coefficient (Wildman–Crippen LogP) is -4.18. The number of nitrogens with zero attached hydrogens (tertiary/aromatic N) is 4. The van der Waals surface area contributed by atoms with Crippen LogP contribution >= 0.6 is 23.5 Å². The van der Waals surface area contributed by atoms with E-state index < -0.39 is 84.6 Å². The molecule has 2 aromatic heterocycles. The number of phosphoric ester groups is 3. The van der Waals surface area contributed by atoms with Gasteiger partial charge in [-0.2, -0.15) is 0 Å². The zero-order valence-electron chi connectivity index (χ0n) is 28.1. The maximum absolute atomic E-state index is 12.5. The van der Waals surface area contributed by atoms with Crippen LogP contribution in [-0.2, 0) is 55.5 Å². The number of anilines is 1. The van der Waals surface area contributed by atoms with Gasteiger partial charge in [-0.3, -0.25) is 32.9 Å². The van der Waals surface area contributed by atoms with E-state index in [1.807, 2.05) is 0 Å². The first-order valence-corrected chi connectivity index (χ1v) is 19.6. The molecule has 1 saturated heterocycles. The molecule has 3 rings (SSSR count). The molecule has 0 spiro atoms. The van der Waals surface area contributed by atoms with Crippen molar-refractivity contribution in [2.75, 3.05) is 32.0 Å². The number of nitrogens with two attached hydrogens (primary N) is 1. The van der Waals surface area contributed by atoms with E-state index in [2.05, 4.69) is 43.5 Å². The maximum atomic E-state index is 12.5. The minimum absolute atomic E-state index is 0.0288. The van der Waals surface area contributed by atoms with Crippen molar-refractivity contribution >= 4 is 63.8 Å². The Hall–Kier alpha value is -3.12. The van der Waals surface area contributed by atoms with Crippen LogP contribution in [0.3, 0.4) is 0 Å². The van der Waals surface area contributed by atoms with Crippen LogP contribution in [-0.4, -0.2) is 104 Å². The van der Waals surface area contributed by atoms with E-state index in [1.165, 1.54) is 20.8 Å². The van der Waals surface area contributed by atoms with E-state index in [0.29, 0.717) is 0 Å². The third-order valence-corrected chi connectivity index (χ3v) is 10.2. The molecule has 0 aliphatic carbocycles. The number of hydrogen-bond donors (Lipinski definition) is 5. The Morgan fingerprint density at radius 3 is 2.32 bits per heavy atom. The molecule has 2 amide bonds. The van der Waals surface area contributed by atoms with Gasteiger partial charge in [-0.1, -0.05) is 13.8 Å². The van der Waals surface area contributed by atoms with E-state index in [4.69, 9.17) is 10.5 Å². The average molecular weight is 816 g/mol. The normalized spacial score (nSPS) is 22.1. The van der Waals surface area contributed by atoms with Gasteiger partial charge in [0, 0.05) is 31.3 Å². The third kappa shape index (κ3) is 13.3. The zero-order chi connectivity index (χ0) is 39.9. The summed E-state index contributed by atoms with van der Waals surface area (Å²) in [6, 6.07) is 0. The Morgan fingerprint density at radius 1 is 1.04 bits per heavy atom. The van der Waals surface area contributed by atoms with Crippen LogP contribution in [0, 0.1) is 5.41 Å². The number of Topliss-reactive ketones (excluding diaryl/α,β-unsaturated/α-hetero) is 2. The van der Waals surface area contributed by atoms with Crippen LogP contribution in [0.4, 0.5) is 5.82 Å². The van der Waals surface area contributed by atoms with Crippen molar-refractivity contribution in [3.05, 3.63) is 12.7 Å². The van der Waals surface area contributed by atoms with Gasteiger partial charge >= 0.3 is 0 Å². The van der Waals surface area contributed by atoms with E-state index in [9.17, 15) is 62.7 Å². The lowest BCUT2D eigenvalue weighted by atomic mass is 9.87. The number of aliphatic hydroxyl groups excluding tert-OH is 2. The molecule has 3 heterocycles. The molecule has 7 unspecified atom stereocenters. The van der Waals surface area contributed by atoms with Gasteiger partial charge in [0.15, 0.2) is 17.7 Å². The molecular formula is C25H36N7O18P3-4. The third-order valence-electron chi connectivity index (χ3n) is 7.23. The molecule has 298 valence electrons. The number of nitrogen functional groups attached to an aromatic ring is 1. The second-order valence-corrected chi connectivity index (χ2v) is 16.2. The first kappa shape index (κ1) is 44.3. The van der Waals surface area contributed by atoms with Crippen molar-refractivity contribution in [3.8, 4) is 0 Å². The SMILES string of the molecule is CC(=O)CC(=O)CCNC(=O)CCNC(=O)C(O)C(C)(C)COP(=O)([O-])OP(=O)([O-])OCC1OC(n2cnc3c(N)ncnc32)C(O)C1OP(=O)([O-])[O-]. The van der Waals surface area contributed by atoms with Crippen LogP contribution < -0.4 is 35.9 Å². The highest BCUT2D eigenvalue weighted by atomic mass is 31.3. The molecule has 53 heavy (non-hydrogen) atoms. The van der Waals surface area contributed by atoms with Gasteiger partial charge < -0.3 is 69.0 Å². The fourth-order valence-electron chi connectivity index (χ4n) is 4.62. The standard InChI is InChI=1S/C25H40N7O18P3/c1-13(33)8-14(34)4-6-27-16(35)5-7-28-23(38)20(37)25(2,3)10-47-53(44,45)50-52(42,43)46-9-15-19(49-51(39,40)41)18(36)24(48-15)32-12-31-17-21(26)29-11-30-22(17)32/h11-12,15,18-20,24,36-37H,4-10H2,1-3H3,(H,27,35)(H,28,38)(H,42,43)(H,44,45)(H2,26,29,30)(H2,39,40,41)/p-4. The number of rotatable bonds is 21. The number of ether oxygens (including phenoxy) is 1. The number of imidazole rings is 1. The summed E-state index contributed by atoms with van der Waals surface area (Å²) in [6.45, 7) is 0.964. The van der Waals surface area contributed by atoms with Crippen LogP contribution in [0.25, 0.3) is 11.2 Å². The molecule has 6 N–H and O–H groups in total. The van der Waals surface area contributed by atoms with Gasteiger partial charge in [0.1, 0.15) is 47.8 Å². The van der Waals surface area contributed by atoms with Gasteiger partial charge in [0.2, 0.25) is 11.8 Å². The molecular weight excluding hydrogens is 779 g/mol. The number of carbonyl (C=O) groups is 4. The Kier molecular flexibility index (Phi) is 15.0. The monoisotopic (exact) mass is 815 g/mol. The van der Waals surface area contributed by atoms with Crippen molar-refractivity contribution in [2.45, 2.75) is 70.7 Å². The topological polar surface area (TPSA) is 392 Å². The fourth-order valence-corrected chi connectivity index (χ4v) is 7.36. The lowest BCUT2D eigenvalue weighted by Crippen LogP contribution is -2.46. The first-order chi connectivity index (χ1) is 24.4. The van der Waals surface area contributed by atoms with Gasteiger partial charge in [-0.05, 0) is 6.92 Å². The summed E-state index contributed by atoms with van der Waals surface area (Å²) in [7, 11) is -17.6. The summed E-state index contributed by atoms with van der Waals surface area (Å²) in [4.78, 5) is 106. The highest BCUT2D eigenvalue weighted by molar-refractivity contribution is 7.59. The summed E-state index contributed by atoms with van der Waals surface area (Å²) in [6.07, 6.45) is -8.08. The predicted molar refractivity (Wildman–Crippen MR) is 166 cm³/mol. The van der Waals surface area contributed by atoms with Crippen LogP contribution in [0.2, 0.25) is 0 Å². The van der Waals surface area contributed by atoms with Crippen molar-refractivity contribution in [3.63, 3.8) is 0 Å². The molecule has 1 fully saturated rings. The molecule has 28 heteroatoms. The largest absolute Gasteiger partial charge is 0.790 e. The van der Waals surface area contributed by atoms with E-state index in [-0.39, 0.29) is 60.9 Å². The number of phosphoric acid groups is 3. The average Bonchev–Trinajstić information content (AvgIpc) is 3.58. The molecule has 2 aromatic rings. The summed E-state index contributed by atoms with van der Waals surface area (Å²) in [5.74, 6) is -2.39. The summed E-state index contributed by atoms with van der Waals surface area (Å²) in [5.41, 5.74) is 4.02. The molecule has 7 atom stereocenters. The number of carbonyl (C=O) groups excluding carboxylic acids is 4.